The minimum absolute atomic E-state index is 0.0275. The highest BCUT2D eigenvalue weighted by molar-refractivity contribution is 6.07. The van der Waals surface area contributed by atoms with Crippen LogP contribution in [-0.2, 0) is 4.74 Å². The number of carbonyl (C=O) groups is 2. The number of ether oxygens (including phenoxy) is 3. The molecule has 0 unspecified atom stereocenters. The fourth-order valence-corrected chi connectivity index (χ4v) is 5.60. The quantitative estimate of drug-likeness (QED) is 0.0999. The number of hydrogen-bond acceptors (Lipinski definition) is 9. The van der Waals surface area contributed by atoms with Crippen LogP contribution in [0.15, 0.2) is 103 Å². The molecule has 6 rings (SSSR count). The second-order valence-electron chi connectivity index (χ2n) is 11.9. The molecule has 0 aliphatic rings. The minimum atomic E-state index is -1.15. The Kier molecular flexibility index (Phi) is 10.7. The number of nitrogens with one attached hydrogen (secondary N) is 2. The van der Waals surface area contributed by atoms with Gasteiger partial charge in [0.05, 0.1) is 19.4 Å². The van der Waals surface area contributed by atoms with Crippen LogP contribution < -0.4 is 20.1 Å². The van der Waals surface area contributed by atoms with Crippen LogP contribution >= 0.6 is 0 Å². The lowest BCUT2D eigenvalue weighted by Gasteiger charge is -2.15. The fraction of sp³-hybridized carbons (Fsp3) is 0.122. The van der Waals surface area contributed by atoms with Crippen molar-refractivity contribution in [2.24, 2.45) is 0 Å². The van der Waals surface area contributed by atoms with Crippen LogP contribution in [0.5, 0.6) is 11.5 Å². The molecule has 2 N–H and O–H groups in total. The normalized spacial score (nSPS) is 10.8. The molecule has 2 aromatic heterocycles. The Hall–Kier alpha value is -6.69. The summed E-state index contributed by atoms with van der Waals surface area (Å²) in [6, 6.07) is 23.4. The van der Waals surface area contributed by atoms with E-state index in [-0.39, 0.29) is 34.0 Å². The molecule has 0 aliphatic heterocycles. The van der Waals surface area contributed by atoms with E-state index in [1.807, 2.05) is 13.0 Å². The van der Waals surface area contributed by atoms with Crippen LogP contribution in [0.4, 0.5) is 36.2 Å². The summed E-state index contributed by atoms with van der Waals surface area (Å²) in [4.78, 5) is 35.2. The van der Waals surface area contributed by atoms with Gasteiger partial charge in [-0.25, -0.2) is 32.7 Å². The van der Waals surface area contributed by atoms with E-state index in [4.69, 9.17) is 14.2 Å². The first kappa shape index (κ1) is 36.1. The maximum atomic E-state index is 15.5. The van der Waals surface area contributed by atoms with Crippen molar-refractivity contribution in [3.8, 4) is 33.8 Å². The number of anilines is 4. The van der Waals surface area contributed by atoms with Gasteiger partial charge in [-0.1, -0.05) is 24.3 Å². The van der Waals surface area contributed by atoms with Gasteiger partial charge in [-0.05, 0) is 121 Å². The molecule has 0 saturated carbocycles. The van der Waals surface area contributed by atoms with Crippen molar-refractivity contribution in [2.45, 2.75) is 20.8 Å². The highest BCUT2D eigenvalue weighted by Gasteiger charge is 2.24. The Morgan fingerprint density at radius 3 is 2.11 bits per heavy atom. The van der Waals surface area contributed by atoms with Gasteiger partial charge in [0.1, 0.15) is 57.4 Å². The van der Waals surface area contributed by atoms with Gasteiger partial charge in [-0.2, -0.15) is 0 Å². The fourth-order valence-electron chi connectivity index (χ4n) is 5.60. The zero-order valence-corrected chi connectivity index (χ0v) is 29.1. The third-order valence-corrected chi connectivity index (χ3v) is 8.17. The monoisotopic (exact) mass is 718 g/mol. The Labute approximate surface area is 303 Å². The Balaban J connectivity index is 1.22. The highest BCUT2D eigenvalue weighted by atomic mass is 19.1. The zero-order valence-electron chi connectivity index (χ0n) is 29.1. The molecule has 9 nitrogen and oxygen atoms in total. The summed E-state index contributed by atoms with van der Waals surface area (Å²) in [5.74, 6) is -3.96. The molecule has 2 heterocycles. The number of esters is 2. The van der Waals surface area contributed by atoms with Crippen LogP contribution in [0.1, 0.15) is 38.8 Å². The second kappa shape index (κ2) is 15.7. The number of carbonyl (C=O) groups excluding carboxylic acids is 2. The number of aromatic nitrogens is 2. The summed E-state index contributed by atoms with van der Waals surface area (Å²) >= 11 is 0. The number of nitrogens with zero attached hydrogens (tertiary/aromatic N) is 2. The molecule has 0 saturated heterocycles. The summed E-state index contributed by atoms with van der Waals surface area (Å²) in [5, 5.41) is 5.38. The predicted octanol–water partition coefficient (Wildman–Crippen LogP) is 9.74. The first-order valence-corrected chi connectivity index (χ1v) is 16.4. The Bertz CT molecular complexity index is 2330. The molecule has 0 atom stereocenters. The summed E-state index contributed by atoms with van der Waals surface area (Å²) in [5.41, 5.74) is 2.43. The first-order chi connectivity index (χ1) is 25.5. The van der Waals surface area contributed by atoms with Crippen molar-refractivity contribution in [3.05, 3.63) is 143 Å². The third-order valence-electron chi connectivity index (χ3n) is 8.17. The lowest BCUT2D eigenvalue weighted by Crippen LogP contribution is -2.17. The minimum Gasteiger partial charge on any atom is -0.497 e. The summed E-state index contributed by atoms with van der Waals surface area (Å²) in [6.07, 6.45) is 2.76. The van der Waals surface area contributed by atoms with Crippen LogP contribution in [0, 0.1) is 31.3 Å². The lowest BCUT2D eigenvalue weighted by atomic mass is 9.99. The van der Waals surface area contributed by atoms with Crippen molar-refractivity contribution < 1.29 is 37.0 Å². The number of aryl methyl sites for hydroxylation is 2. The van der Waals surface area contributed by atoms with E-state index in [9.17, 15) is 9.59 Å². The molecule has 6 aromatic rings. The van der Waals surface area contributed by atoms with Crippen molar-refractivity contribution in [3.63, 3.8) is 0 Å². The lowest BCUT2D eigenvalue weighted by molar-refractivity contribution is 0.0398. The van der Waals surface area contributed by atoms with Crippen molar-refractivity contribution >= 4 is 34.9 Å². The van der Waals surface area contributed by atoms with Crippen molar-refractivity contribution in [1.82, 2.24) is 9.97 Å². The highest BCUT2D eigenvalue weighted by Crippen LogP contribution is 2.34. The van der Waals surface area contributed by atoms with Gasteiger partial charge < -0.3 is 24.8 Å². The topological polar surface area (TPSA) is 112 Å². The van der Waals surface area contributed by atoms with Crippen LogP contribution in [-0.4, -0.2) is 35.6 Å². The summed E-state index contributed by atoms with van der Waals surface area (Å²) in [6.45, 7) is 5.70. The zero-order chi connectivity index (χ0) is 37.6. The average Bonchev–Trinajstić information content (AvgIpc) is 3.15. The van der Waals surface area contributed by atoms with Gasteiger partial charge in [0.15, 0.2) is 0 Å². The van der Waals surface area contributed by atoms with Crippen LogP contribution in [0.25, 0.3) is 22.3 Å². The van der Waals surface area contributed by atoms with Gasteiger partial charge >= 0.3 is 11.9 Å². The molecule has 12 heteroatoms. The van der Waals surface area contributed by atoms with E-state index in [1.54, 1.807) is 69.5 Å². The second-order valence-corrected chi connectivity index (χ2v) is 11.9. The van der Waals surface area contributed by atoms with Gasteiger partial charge in [-0.3, -0.25) is 0 Å². The summed E-state index contributed by atoms with van der Waals surface area (Å²) in [7, 11) is 1.55. The molecule has 4 aromatic carbocycles. The molecule has 0 spiro atoms. The predicted molar refractivity (Wildman–Crippen MR) is 196 cm³/mol. The molecule has 0 bridgehead atoms. The van der Waals surface area contributed by atoms with E-state index in [2.05, 4.69) is 20.6 Å². The number of rotatable bonds is 11. The molecule has 0 amide bonds. The SMILES string of the molecule is CCOc1cccc(-c2cc(F)c(Nc3ncc(C)cc3C(=O)OC(=O)c3cccnc3Nc3cc(C)c(-c4cccc(OC)c4)cc3F)c(F)c2)c1. The van der Waals surface area contributed by atoms with Crippen molar-refractivity contribution in [1.29, 1.82) is 0 Å². The molecular formula is C41H33F3N4O5. The molecule has 0 radical (unpaired) electrons. The van der Waals surface area contributed by atoms with Crippen LogP contribution in [0.2, 0.25) is 0 Å². The van der Waals surface area contributed by atoms with E-state index in [0.29, 0.717) is 34.8 Å². The Morgan fingerprint density at radius 2 is 1.38 bits per heavy atom. The maximum absolute atomic E-state index is 15.5. The van der Waals surface area contributed by atoms with E-state index in [0.717, 1.165) is 23.3 Å². The standard InChI is InChI=1S/C41H33F3N4O5/c1-5-52-29-12-6-9-25(17-29)27-19-34(43)37(35(44)20-27)48-39-32(15-23(2)22-46-39)41(50)53-40(49)30-13-8-14-45-38(30)47-36-16-24(3)31(21-33(36)42)26-10-7-11-28(18-26)51-4/h6-22H,5H2,1-4H3,(H,45,47)(H,46,48). The maximum Gasteiger partial charge on any atom is 0.349 e. The molecule has 268 valence electrons. The molecular weight excluding hydrogens is 685 g/mol. The van der Waals surface area contributed by atoms with Gasteiger partial charge in [0, 0.05) is 12.4 Å². The van der Waals surface area contributed by atoms with E-state index >= 15 is 13.2 Å². The van der Waals surface area contributed by atoms with E-state index < -0.39 is 35.1 Å². The molecule has 0 fully saturated rings. The van der Waals surface area contributed by atoms with Gasteiger partial charge in [0.25, 0.3) is 0 Å². The molecule has 53 heavy (non-hydrogen) atoms. The van der Waals surface area contributed by atoms with Gasteiger partial charge in [-0.15, -0.1) is 0 Å². The Morgan fingerprint density at radius 1 is 0.698 bits per heavy atom. The number of halogens is 3. The smallest absolute Gasteiger partial charge is 0.349 e. The van der Waals surface area contributed by atoms with E-state index in [1.165, 1.54) is 36.7 Å². The number of hydrogen-bond donors (Lipinski definition) is 2. The largest absolute Gasteiger partial charge is 0.497 e. The summed E-state index contributed by atoms with van der Waals surface area (Å²) < 4.78 is 62.3. The average molecular weight is 719 g/mol. The molecule has 0 aliphatic carbocycles. The van der Waals surface area contributed by atoms with Crippen LogP contribution in [0.3, 0.4) is 0 Å². The number of pyridine rings is 2. The van der Waals surface area contributed by atoms with Gasteiger partial charge in [0.2, 0.25) is 0 Å². The number of benzene rings is 4. The third kappa shape index (κ3) is 8.12. The first-order valence-electron chi connectivity index (χ1n) is 16.4. The number of methoxy groups -OCH3 is 1. The van der Waals surface area contributed by atoms with Crippen molar-refractivity contribution in [2.75, 3.05) is 24.4 Å².